The molecule has 0 aliphatic heterocycles. The molecule has 2 aromatic rings. The number of para-hydroxylation sites is 1. The summed E-state index contributed by atoms with van der Waals surface area (Å²) >= 11 is 6.04. The third kappa shape index (κ3) is 4.43. The summed E-state index contributed by atoms with van der Waals surface area (Å²) in [4.78, 5) is 20.8. The molecule has 1 heterocycles. The number of nitrogens with zero attached hydrogens (tertiary/aromatic N) is 2. The quantitative estimate of drug-likeness (QED) is 0.881. The summed E-state index contributed by atoms with van der Waals surface area (Å²) in [6.07, 6.45) is 0. The van der Waals surface area contributed by atoms with Crippen molar-refractivity contribution in [1.82, 2.24) is 9.97 Å². The summed E-state index contributed by atoms with van der Waals surface area (Å²) in [5.41, 5.74) is 0.862. The van der Waals surface area contributed by atoms with Gasteiger partial charge >= 0.3 is 0 Å². The Balaban J connectivity index is 2.17. The van der Waals surface area contributed by atoms with Gasteiger partial charge in [0.25, 0.3) is 5.91 Å². The van der Waals surface area contributed by atoms with Gasteiger partial charge < -0.3 is 10.6 Å². The van der Waals surface area contributed by atoms with Gasteiger partial charge in [0.1, 0.15) is 17.3 Å². The first-order valence-electron chi connectivity index (χ1n) is 7.11. The molecule has 22 heavy (non-hydrogen) atoms. The molecule has 0 aliphatic carbocycles. The van der Waals surface area contributed by atoms with Crippen LogP contribution in [0.5, 0.6) is 0 Å². The molecule has 0 atom stereocenters. The van der Waals surface area contributed by atoms with Crippen LogP contribution in [-0.2, 0) is 0 Å². The highest BCUT2D eigenvalue weighted by Crippen LogP contribution is 2.21. The Kier molecular flexibility index (Phi) is 5.33. The van der Waals surface area contributed by atoms with Crippen molar-refractivity contribution in [3.8, 4) is 0 Å². The van der Waals surface area contributed by atoms with E-state index in [1.807, 2.05) is 6.07 Å². The maximum Gasteiger partial charge on any atom is 0.274 e. The topological polar surface area (TPSA) is 66.9 Å². The predicted octanol–water partition coefficient (Wildman–Crippen LogP) is 3.76. The van der Waals surface area contributed by atoms with Crippen LogP contribution in [0.2, 0.25) is 5.02 Å². The minimum atomic E-state index is -0.314. The highest BCUT2D eigenvalue weighted by atomic mass is 35.5. The van der Waals surface area contributed by atoms with Crippen molar-refractivity contribution < 1.29 is 4.79 Å². The van der Waals surface area contributed by atoms with Crippen LogP contribution in [0.25, 0.3) is 0 Å². The van der Waals surface area contributed by atoms with Gasteiger partial charge in [-0.1, -0.05) is 37.6 Å². The Morgan fingerprint density at radius 3 is 2.68 bits per heavy atom. The zero-order valence-corrected chi connectivity index (χ0v) is 13.6. The van der Waals surface area contributed by atoms with E-state index in [2.05, 4.69) is 34.4 Å². The van der Waals surface area contributed by atoms with Crippen LogP contribution in [0.15, 0.2) is 30.3 Å². The summed E-state index contributed by atoms with van der Waals surface area (Å²) < 4.78 is 0. The van der Waals surface area contributed by atoms with E-state index >= 15 is 0 Å². The van der Waals surface area contributed by atoms with Gasteiger partial charge in [0.15, 0.2) is 0 Å². The molecule has 2 rings (SSSR count). The molecular formula is C16H19ClN4O. The van der Waals surface area contributed by atoms with Gasteiger partial charge in [-0.2, -0.15) is 0 Å². The average molecular weight is 319 g/mol. The second-order valence-corrected chi connectivity index (χ2v) is 5.80. The molecule has 0 aliphatic rings. The lowest BCUT2D eigenvalue weighted by atomic mass is 10.2. The molecule has 2 N–H and O–H groups in total. The van der Waals surface area contributed by atoms with Crippen molar-refractivity contribution in [2.24, 2.45) is 5.92 Å². The van der Waals surface area contributed by atoms with E-state index in [1.165, 1.54) is 0 Å². The molecule has 116 valence electrons. The Hall–Kier alpha value is -2.14. The van der Waals surface area contributed by atoms with Crippen LogP contribution in [-0.4, -0.2) is 22.4 Å². The molecule has 1 aromatic carbocycles. The van der Waals surface area contributed by atoms with Gasteiger partial charge in [-0.25, -0.2) is 9.97 Å². The first-order chi connectivity index (χ1) is 10.5. The lowest BCUT2D eigenvalue weighted by Crippen LogP contribution is -2.17. The molecule has 1 aromatic heterocycles. The van der Waals surface area contributed by atoms with Crippen LogP contribution in [0.1, 0.15) is 30.2 Å². The zero-order valence-electron chi connectivity index (χ0n) is 12.9. The van der Waals surface area contributed by atoms with E-state index in [4.69, 9.17) is 11.6 Å². The fourth-order valence-electron chi connectivity index (χ4n) is 1.83. The van der Waals surface area contributed by atoms with Gasteiger partial charge in [0, 0.05) is 12.6 Å². The number of aromatic nitrogens is 2. The van der Waals surface area contributed by atoms with Crippen molar-refractivity contribution in [2.45, 2.75) is 20.8 Å². The van der Waals surface area contributed by atoms with Gasteiger partial charge in [-0.15, -0.1) is 0 Å². The summed E-state index contributed by atoms with van der Waals surface area (Å²) in [5, 5.41) is 6.44. The molecule has 0 saturated heterocycles. The maximum absolute atomic E-state index is 12.3. The Morgan fingerprint density at radius 1 is 1.27 bits per heavy atom. The van der Waals surface area contributed by atoms with Crippen LogP contribution in [0.4, 0.5) is 11.5 Å². The minimum Gasteiger partial charge on any atom is -0.370 e. The average Bonchev–Trinajstić information content (AvgIpc) is 2.47. The number of hydrogen-bond donors (Lipinski definition) is 2. The fraction of sp³-hybridized carbons (Fsp3) is 0.312. The highest BCUT2D eigenvalue weighted by Gasteiger charge is 2.12. The predicted molar refractivity (Wildman–Crippen MR) is 89.5 cm³/mol. The lowest BCUT2D eigenvalue weighted by Gasteiger charge is -2.11. The van der Waals surface area contributed by atoms with Gasteiger partial charge in [0.05, 0.1) is 10.7 Å². The van der Waals surface area contributed by atoms with Crippen molar-refractivity contribution in [2.75, 3.05) is 17.2 Å². The van der Waals surface area contributed by atoms with Crippen LogP contribution in [0, 0.1) is 12.8 Å². The SMILES string of the molecule is Cc1nc(NCC(C)C)cc(C(=O)Nc2ccccc2Cl)n1. The molecule has 0 bridgehead atoms. The lowest BCUT2D eigenvalue weighted by molar-refractivity contribution is 0.102. The van der Waals surface area contributed by atoms with E-state index < -0.39 is 0 Å². The molecular weight excluding hydrogens is 300 g/mol. The summed E-state index contributed by atoms with van der Waals surface area (Å²) in [6.45, 7) is 6.74. The van der Waals surface area contributed by atoms with E-state index in [0.29, 0.717) is 34.0 Å². The molecule has 0 fully saturated rings. The van der Waals surface area contributed by atoms with Crippen LogP contribution >= 0.6 is 11.6 Å². The monoisotopic (exact) mass is 318 g/mol. The summed E-state index contributed by atoms with van der Waals surface area (Å²) in [6, 6.07) is 8.72. The molecule has 0 unspecified atom stereocenters. The largest absolute Gasteiger partial charge is 0.370 e. The number of hydrogen-bond acceptors (Lipinski definition) is 4. The van der Waals surface area contributed by atoms with Crippen LogP contribution < -0.4 is 10.6 Å². The molecule has 0 saturated carbocycles. The Morgan fingerprint density at radius 2 is 2.00 bits per heavy atom. The van der Waals surface area contributed by atoms with Crippen LogP contribution in [0.3, 0.4) is 0 Å². The van der Waals surface area contributed by atoms with E-state index in [0.717, 1.165) is 6.54 Å². The number of carbonyl (C=O) groups excluding carboxylic acids is 1. The standard InChI is InChI=1S/C16H19ClN4O/c1-10(2)9-18-15-8-14(19-11(3)20-15)16(22)21-13-7-5-4-6-12(13)17/h4-8,10H,9H2,1-3H3,(H,21,22)(H,18,19,20). The number of halogens is 1. The molecule has 1 amide bonds. The molecule has 6 heteroatoms. The molecule has 5 nitrogen and oxygen atoms in total. The second kappa shape index (κ2) is 7.22. The number of benzene rings is 1. The second-order valence-electron chi connectivity index (χ2n) is 5.39. The fourth-order valence-corrected chi connectivity index (χ4v) is 2.02. The zero-order chi connectivity index (χ0) is 16.1. The number of aryl methyl sites for hydroxylation is 1. The first kappa shape index (κ1) is 16.2. The molecule has 0 spiro atoms. The maximum atomic E-state index is 12.3. The van der Waals surface area contributed by atoms with Crippen molar-refractivity contribution in [1.29, 1.82) is 0 Å². The number of anilines is 2. The third-order valence-electron chi connectivity index (χ3n) is 2.88. The Bertz CT molecular complexity index is 673. The number of amides is 1. The van der Waals surface area contributed by atoms with Crippen molar-refractivity contribution in [3.05, 3.63) is 46.9 Å². The van der Waals surface area contributed by atoms with E-state index in [9.17, 15) is 4.79 Å². The van der Waals surface area contributed by atoms with E-state index in [-0.39, 0.29) is 5.91 Å². The third-order valence-corrected chi connectivity index (χ3v) is 3.21. The first-order valence-corrected chi connectivity index (χ1v) is 7.49. The normalized spacial score (nSPS) is 10.6. The highest BCUT2D eigenvalue weighted by molar-refractivity contribution is 6.33. The summed E-state index contributed by atoms with van der Waals surface area (Å²) in [7, 11) is 0. The number of rotatable bonds is 5. The minimum absolute atomic E-state index is 0.304. The number of carbonyl (C=O) groups is 1. The van der Waals surface area contributed by atoms with Gasteiger partial charge in [0.2, 0.25) is 0 Å². The summed E-state index contributed by atoms with van der Waals surface area (Å²) in [5.74, 6) is 1.35. The van der Waals surface area contributed by atoms with E-state index in [1.54, 1.807) is 31.2 Å². The van der Waals surface area contributed by atoms with Crippen molar-refractivity contribution >= 4 is 29.0 Å². The van der Waals surface area contributed by atoms with Gasteiger partial charge in [-0.05, 0) is 25.0 Å². The number of nitrogens with one attached hydrogen (secondary N) is 2. The molecule has 0 radical (unpaired) electrons. The van der Waals surface area contributed by atoms with Gasteiger partial charge in [-0.3, -0.25) is 4.79 Å². The smallest absolute Gasteiger partial charge is 0.274 e. The van der Waals surface area contributed by atoms with Crippen molar-refractivity contribution in [3.63, 3.8) is 0 Å². The Labute approximate surface area is 135 Å².